The Kier molecular flexibility index (Phi) is 4.13. The Labute approximate surface area is 139 Å². The molecule has 2 aromatic carbocycles. The second kappa shape index (κ2) is 6.39. The summed E-state index contributed by atoms with van der Waals surface area (Å²) in [5.41, 5.74) is 8.80. The second-order valence-electron chi connectivity index (χ2n) is 5.17. The number of halogens is 1. The fourth-order valence-electron chi connectivity index (χ4n) is 2.48. The van der Waals surface area contributed by atoms with Crippen LogP contribution in [0.2, 0.25) is 0 Å². The molecule has 0 bridgehead atoms. The Balaban J connectivity index is 2.18. The Hall–Kier alpha value is -3.39. The molecule has 1 heterocycles. The van der Waals surface area contributed by atoms with Crippen molar-refractivity contribution < 1.29 is 9.13 Å². The van der Waals surface area contributed by atoms with Gasteiger partial charge in [0, 0.05) is 11.1 Å². The van der Waals surface area contributed by atoms with Crippen LogP contribution >= 0.6 is 0 Å². The van der Waals surface area contributed by atoms with Crippen molar-refractivity contribution in [2.45, 2.75) is 0 Å². The van der Waals surface area contributed by atoms with Gasteiger partial charge >= 0.3 is 0 Å². The van der Waals surface area contributed by atoms with Gasteiger partial charge in [-0.25, -0.2) is 9.37 Å². The fourth-order valence-corrected chi connectivity index (χ4v) is 2.48. The van der Waals surface area contributed by atoms with Gasteiger partial charge in [0.15, 0.2) is 0 Å². The van der Waals surface area contributed by atoms with E-state index in [1.54, 1.807) is 37.4 Å². The zero-order chi connectivity index (χ0) is 17.1. The molecule has 5 heteroatoms. The number of pyridine rings is 1. The Morgan fingerprint density at radius 3 is 2.46 bits per heavy atom. The average Bonchev–Trinajstić information content (AvgIpc) is 2.61. The first-order chi connectivity index (χ1) is 11.6. The molecular weight excluding hydrogens is 305 g/mol. The molecule has 2 N–H and O–H groups in total. The fraction of sp³-hybridized carbons (Fsp3) is 0.0526. The monoisotopic (exact) mass is 319 g/mol. The summed E-state index contributed by atoms with van der Waals surface area (Å²) in [6, 6.07) is 17.2. The molecule has 0 radical (unpaired) electrons. The number of benzene rings is 2. The number of methoxy groups -OCH3 is 1. The van der Waals surface area contributed by atoms with E-state index >= 15 is 0 Å². The molecular formula is C19H14FN3O. The van der Waals surface area contributed by atoms with Gasteiger partial charge in [-0.05, 0) is 35.9 Å². The number of anilines is 1. The van der Waals surface area contributed by atoms with Crippen molar-refractivity contribution in [1.29, 1.82) is 5.26 Å². The van der Waals surface area contributed by atoms with Crippen LogP contribution in [-0.2, 0) is 0 Å². The molecule has 1 aromatic heterocycles. The molecule has 0 spiro atoms. The summed E-state index contributed by atoms with van der Waals surface area (Å²) in [7, 11) is 1.59. The second-order valence-corrected chi connectivity index (χ2v) is 5.17. The van der Waals surface area contributed by atoms with Crippen LogP contribution in [-0.4, -0.2) is 12.1 Å². The summed E-state index contributed by atoms with van der Waals surface area (Å²) in [6.07, 6.45) is 0. The van der Waals surface area contributed by atoms with Crippen LogP contribution in [0.5, 0.6) is 5.75 Å². The van der Waals surface area contributed by atoms with Crippen molar-refractivity contribution in [3.05, 3.63) is 66.0 Å². The maximum atomic E-state index is 13.5. The van der Waals surface area contributed by atoms with Gasteiger partial charge in [-0.2, -0.15) is 5.26 Å². The highest BCUT2D eigenvalue weighted by molar-refractivity contribution is 5.80. The summed E-state index contributed by atoms with van der Waals surface area (Å²) < 4.78 is 18.6. The van der Waals surface area contributed by atoms with E-state index in [1.165, 1.54) is 12.1 Å². The largest absolute Gasteiger partial charge is 0.497 e. The van der Waals surface area contributed by atoms with Gasteiger partial charge in [0.05, 0.1) is 12.8 Å². The van der Waals surface area contributed by atoms with E-state index in [-0.39, 0.29) is 11.6 Å². The van der Waals surface area contributed by atoms with Crippen LogP contribution < -0.4 is 10.5 Å². The van der Waals surface area contributed by atoms with Crippen LogP contribution in [0.1, 0.15) is 5.56 Å². The molecule has 0 saturated heterocycles. The quantitative estimate of drug-likeness (QED) is 0.791. The summed E-state index contributed by atoms with van der Waals surface area (Å²) in [5, 5.41) is 9.41. The van der Waals surface area contributed by atoms with Gasteiger partial charge in [-0.15, -0.1) is 0 Å². The molecule has 4 nitrogen and oxygen atoms in total. The third-order valence-corrected chi connectivity index (χ3v) is 3.68. The standard InChI is InChI=1S/C19H14FN3O/c1-24-15-7-5-12(6-8-15)16-10-18(23-19(22)17(16)11-21)13-3-2-4-14(20)9-13/h2-10H,1H3,(H2,22,23). The van der Waals surface area contributed by atoms with Gasteiger partial charge in [0.25, 0.3) is 0 Å². The lowest BCUT2D eigenvalue weighted by Gasteiger charge is -2.11. The summed E-state index contributed by atoms with van der Waals surface area (Å²) in [5.74, 6) is 0.470. The number of nitrogen functional groups attached to an aromatic ring is 1. The number of hydrogen-bond acceptors (Lipinski definition) is 4. The van der Waals surface area contributed by atoms with E-state index < -0.39 is 0 Å². The van der Waals surface area contributed by atoms with Gasteiger partial charge in [0.1, 0.15) is 29.0 Å². The lowest BCUT2D eigenvalue weighted by molar-refractivity contribution is 0.415. The molecule has 0 atom stereocenters. The molecule has 3 rings (SSSR count). The smallest absolute Gasteiger partial charge is 0.142 e. The molecule has 0 saturated carbocycles. The van der Waals surface area contributed by atoms with Crippen molar-refractivity contribution in [3.63, 3.8) is 0 Å². The zero-order valence-corrected chi connectivity index (χ0v) is 13.0. The van der Waals surface area contributed by atoms with Crippen LogP contribution in [0.25, 0.3) is 22.4 Å². The summed E-state index contributed by atoms with van der Waals surface area (Å²) >= 11 is 0. The van der Waals surface area contributed by atoms with Crippen LogP contribution in [0, 0.1) is 17.1 Å². The first kappa shape index (κ1) is 15.5. The molecule has 0 aliphatic rings. The van der Waals surface area contributed by atoms with E-state index in [2.05, 4.69) is 11.1 Å². The van der Waals surface area contributed by atoms with E-state index in [9.17, 15) is 9.65 Å². The maximum absolute atomic E-state index is 13.5. The molecule has 118 valence electrons. The van der Waals surface area contributed by atoms with Gasteiger partial charge in [-0.3, -0.25) is 0 Å². The molecule has 0 unspecified atom stereocenters. The highest BCUT2D eigenvalue weighted by atomic mass is 19.1. The van der Waals surface area contributed by atoms with Crippen molar-refractivity contribution >= 4 is 5.82 Å². The van der Waals surface area contributed by atoms with Crippen molar-refractivity contribution in [2.24, 2.45) is 0 Å². The highest BCUT2D eigenvalue weighted by Crippen LogP contribution is 2.32. The maximum Gasteiger partial charge on any atom is 0.142 e. The summed E-state index contributed by atoms with van der Waals surface area (Å²) in [4.78, 5) is 4.24. The first-order valence-corrected chi connectivity index (χ1v) is 7.23. The highest BCUT2D eigenvalue weighted by Gasteiger charge is 2.13. The number of rotatable bonds is 3. The Morgan fingerprint density at radius 1 is 1.08 bits per heavy atom. The van der Waals surface area contributed by atoms with Gasteiger partial charge in [0.2, 0.25) is 0 Å². The van der Waals surface area contributed by atoms with Crippen LogP contribution in [0.15, 0.2) is 54.6 Å². The minimum atomic E-state index is -0.358. The third kappa shape index (κ3) is 2.90. The Bertz CT molecular complexity index is 930. The number of nitrogens with two attached hydrogens (primary N) is 1. The number of nitrogens with zero attached hydrogens (tertiary/aromatic N) is 2. The lowest BCUT2D eigenvalue weighted by Crippen LogP contribution is -2.00. The predicted octanol–water partition coefficient (Wildman–Crippen LogP) is 4.02. The van der Waals surface area contributed by atoms with Crippen molar-refractivity contribution in [2.75, 3.05) is 12.8 Å². The van der Waals surface area contributed by atoms with Crippen LogP contribution in [0.4, 0.5) is 10.2 Å². The third-order valence-electron chi connectivity index (χ3n) is 3.68. The van der Waals surface area contributed by atoms with E-state index in [0.29, 0.717) is 28.1 Å². The number of nitriles is 1. The zero-order valence-electron chi connectivity index (χ0n) is 13.0. The SMILES string of the molecule is COc1ccc(-c2cc(-c3cccc(F)c3)nc(N)c2C#N)cc1. The summed E-state index contributed by atoms with van der Waals surface area (Å²) in [6.45, 7) is 0. The first-order valence-electron chi connectivity index (χ1n) is 7.23. The van der Waals surface area contributed by atoms with Gasteiger partial charge < -0.3 is 10.5 Å². The minimum absolute atomic E-state index is 0.116. The molecule has 0 aliphatic heterocycles. The van der Waals surface area contributed by atoms with E-state index in [1.807, 2.05) is 12.1 Å². The molecule has 0 aliphatic carbocycles. The molecule has 3 aromatic rings. The number of ether oxygens (including phenoxy) is 1. The van der Waals surface area contributed by atoms with Gasteiger partial charge in [-0.1, -0.05) is 24.3 Å². The number of aromatic nitrogens is 1. The van der Waals surface area contributed by atoms with Crippen molar-refractivity contribution in [3.8, 4) is 34.2 Å². The topological polar surface area (TPSA) is 71.9 Å². The minimum Gasteiger partial charge on any atom is -0.497 e. The van der Waals surface area contributed by atoms with Crippen molar-refractivity contribution in [1.82, 2.24) is 4.98 Å². The molecule has 0 fully saturated rings. The van der Waals surface area contributed by atoms with E-state index in [0.717, 1.165) is 5.56 Å². The molecule has 24 heavy (non-hydrogen) atoms. The Morgan fingerprint density at radius 2 is 1.83 bits per heavy atom. The molecule has 0 amide bonds. The van der Waals surface area contributed by atoms with Crippen LogP contribution in [0.3, 0.4) is 0 Å². The number of hydrogen-bond donors (Lipinski definition) is 1. The van der Waals surface area contributed by atoms with E-state index in [4.69, 9.17) is 10.5 Å². The predicted molar refractivity (Wildman–Crippen MR) is 90.7 cm³/mol. The normalized spacial score (nSPS) is 10.2. The average molecular weight is 319 g/mol. The lowest BCUT2D eigenvalue weighted by atomic mass is 9.98.